The molecule has 0 spiro atoms. The van der Waals surface area contributed by atoms with E-state index in [4.69, 9.17) is 0 Å². The van der Waals surface area contributed by atoms with Gasteiger partial charge in [-0.25, -0.2) is 9.97 Å². The molecule has 3 heteroatoms. The monoisotopic (exact) mass is 305 g/mol. The lowest BCUT2D eigenvalue weighted by Gasteiger charge is -2.16. The molecule has 3 aromatic rings. The maximum Gasteiger partial charge on any atom is 0.141 e. The molecule has 0 saturated heterocycles. The number of anilines is 2. The van der Waals surface area contributed by atoms with Crippen molar-refractivity contribution in [3.63, 3.8) is 0 Å². The van der Waals surface area contributed by atoms with E-state index in [1.54, 1.807) is 6.33 Å². The first-order valence-electron chi connectivity index (χ1n) is 7.95. The predicted molar refractivity (Wildman–Crippen MR) is 97.7 cm³/mol. The second-order valence-electron chi connectivity index (χ2n) is 6.42. The lowest BCUT2D eigenvalue weighted by atomic mass is 9.97. The van der Waals surface area contributed by atoms with Crippen LogP contribution in [0.5, 0.6) is 0 Å². The van der Waals surface area contributed by atoms with Crippen LogP contribution in [-0.4, -0.2) is 9.97 Å². The molecule has 0 fully saturated rings. The summed E-state index contributed by atoms with van der Waals surface area (Å²) in [7, 11) is 0. The van der Waals surface area contributed by atoms with Crippen LogP contribution in [0.1, 0.15) is 33.4 Å². The number of benzene rings is 2. The van der Waals surface area contributed by atoms with Gasteiger partial charge in [0.2, 0.25) is 0 Å². The van der Waals surface area contributed by atoms with Gasteiger partial charge >= 0.3 is 0 Å². The Bertz CT molecular complexity index is 911. The zero-order chi connectivity index (χ0) is 16.7. The predicted octanol–water partition coefficient (Wildman–Crippen LogP) is 5.22. The molecule has 0 atom stereocenters. The highest BCUT2D eigenvalue weighted by Crippen LogP contribution is 2.30. The molecule has 0 saturated carbocycles. The number of hydrogen-bond acceptors (Lipinski definition) is 3. The summed E-state index contributed by atoms with van der Waals surface area (Å²) in [6.07, 6.45) is 1.63. The molecule has 0 amide bonds. The van der Waals surface area contributed by atoms with Crippen LogP contribution in [-0.2, 0) is 0 Å². The first kappa shape index (κ1) is 15.5. The van der Waals surface area contributed by atoms with E-state index in [1.807, 2.05) is 0 Å². The third-order valence-corrected chi connectivity index (χ3v) is 4.99. The van der Waals surface area contributed by atoms with E-state index < -0.39 is 0 Å². The first-order chi connectivity index (χ1) is 10.9. The third kappa shape index (κ3) is 2.67. The Balaban J connectivity index is 2.14. The maximum absolute atomic E-state index is 4.47. The third-order valence-electron chi connectivity index (χ3n) is 4.99. The average molecular weight is 305 g/mol. The Labute approximate surface area is 137 Å². The second kappa shape index (κ2) is 5.65. The molecule has 3 nitrogen and oxygen atoms in total. The average Bonchev–Trinajstić information content (AvgIpc) is 2.52. The molecule has 0 radical (unpaired) electrons. The Morgan fingerprint density at radius 2 is 1.39 bits per heavy atom. The summed E-state index contributed by atoms with van der Waals surface area (Å²) in [4.78, 5) is 8.88. The fraction of sp³-hybridized carbons (Fsp3) is 0.300. The standard InChI is InChI=1S/C20H23N3/c1-11-7-17-19(8-12(11)2)21-10-22-20(17)23-18-9-13(3)14(4)15(5)16(18)6/h7-10H,1-6H3,(H,21,22,23). The molecular weight excluding hydrogens is 282 g/mol. The number of rotatable bonds is 2. The van der Waals surface area contributed by atoms with Crippen LogP contribution in [0.3, 0.4) is 0 Å². The molecule has 23 heavy (non-hydrogen) atoms. The van der Waals surface area contributed by atoms with Crippen molar-refractivity contribution < 1.29 is 0 Å². The largest absolute Gasteiger partial charge is 0.339 e. The van der Waals surface area contributed by atoms with Crippen LogP contribution < -0.4 is 5.32 Å². The van der Waals surface area contributed by atoms with E-state index in [9.17, 15) is 0 Å². The van der Waals surface area contributed by atoms with Crippen LogP contribution in [0.15, 0.2) is 24.5 Å². The van der Waals surface area contributed by atoms with E-state index in [-0.39, 0.29) is 0 Å². The van der Waals surface area contributed by atoms with Crippen molar-refractivity contribution in [2.24, 2.45) is 0 Å². The summed E-state index contributed by atoms with van der Waals surface area (Å²) in [5.74, 6) is 0.865. The van der Waals surface area contributed by atoms with Crippen molar-refractivity contribution in [1.29, 1.82) is 0 Å². The minimum absolute atomic E-state index is 0.865. The molecular formula is C20H23N3. The lowest BCUT2D eigenvalue weighted by Crippen LogP contribution is -2.01. The van der Waals surface area contributed by atoms with Crippen molar-refractivity contribution in [3.8, 4) is 0 Å². The van der Waals surface area contributed by atoms with Gasteiger partial charge in [0.25, 0.3) is 0 Å². The SMILES string of the molecule is Cc1cc2ncnc(Nc3cc(C)c(C)c(C)c3C)c2cc1C. The van der Waals surface area contributed by atoms with Gasteiger partial charge in [-0.1, -0.05) is 0 Å². The summed E-state index contributed by atoms with van der Waals surface area (Å²) >= 11 is 0. The normalized spacial score (nSPS) is 11.0. The molecule has 0 bridgehead atoms. The number of nitrogens with zero attached hydrogens (tertiary/aromatic N) is 2. The van der Waals surface area contributed by atoms with Crippen LogP contribution in [0.25, 0.3) is 10.9 Å². The summed E-state index contributed by atoms with van der Waals surface area (Å²) in [5, 5.41) is 4.58. The fourth-order valence-corrected chi connectivity index (χ4v) is 2.88. The maximum atomic E-state index is 4.47. The van der Waals surface area contributed by atoms with Crippen molar-refractivity contribution in [2.45, 2.75) is 41.5 Å². The fourth-order valence-electron chi connectivity index (χ4n) is 2.88. The minimum atomic E-state index is 0.865. The van der Waals surface area contributed by atoms with Gasteiger partial charge in [0.1, 0.15) is 12.1 Å². The molecule has 1 heterocycles. The number of hydrogen-bond donors (Lipinski definition) is 1. The number of nitrogens with one attached hydrogen (secondary N) is 1. The zero-order valence-corrected chi connectivity index (χ0v) is 14.7. The topological polar surface area (TPSA) is 37.8 Å². The van der Waals surface area contributed by atoms with Gasteiger partial charge in [-0.2, -0.15) is 0 Å². The minimum Gasteiger partial charge on any atom is -0.339 e. The Hall–Kier alpha value is -2.42. The van der Waals surface area contributed by atoms with Gasteiger partial charge in [-0.05, 0) is 93.1 Å². The molecule has 0 aliphatic carbocycles. The van der Waals surface area contributed by atoms with Crippen molar-refractivity contribution >= 4 is 22.4 Å². The van der Waals surface area contributed by atoms with Gasteiger partial charge in [0.15, 0.2) is 0 Å². The molecule has 0 aliphatic rings. The number of aromatic nitrogens is 2. The van der Waals surface area contributed by atoms with E-state index in [0.717, 1.165) is 22.4 Å². The van der Waals surface area contributed by atoms with Crippen molar-refractivity contribution in [2.75, 3.05) is 5.32 Å². The van der Waals surface area contributed by atoms with Gasteiger partial charge in [0, 0.05) is 11.1 Å². The highest BCUT2D eigenvalue weighted by Gasteiger charge is 2.10. The number of fused-ring (bicyclic) bond motifs is 1. The Morgan fingerprint density at radius 3 is 2.13 bits per heavy atom. The molecule has 0 unspecified atom stereocenters. The van der Waals surface area contributed by atoms with Crippen LogP contribution in [0.2, 0.25) is 0 Å². The molecule has 1 aromatic heterocycles. The van der Waals surface area contributed by atoms with E-state index in [1.165, 1.54) is 33.4 Å². The van der Waals surface area contributed by atoms with Gasteiger partial charge in [0.05, 0.1) is 5.52 Å². The summed E-state index contributed by atoms with van der Waals surface area (Å²) in [6.45, 7) is 12.9. The van der Waals surface area contributed by atoms with E-state index >= 15 is 0 Å². The van der Waals surface area contributed by atoms with Crippen molar-refractivity contribution in [3.05, 3.63) is 57.9 Å². The van der Waals surface area contributed by atoms with Gasteiger partial charge < -0.3 is 5.32 Å². The van der Waals surface area contributed by atoms with Crippen LogP contribution in [0, 0.1) is 41.5 Å². The molecule has 1 N–H and O–H groups in total. The summed E-state index contributed by atoms with van der Waals surface area (Å²) < 4.78 is 0. The second-order valence-corrected chi connectivity index (χ2v) is 6.42. The molecule has 3 rings (SSSR count). The van der Waals surface area contributed by atoms with Gasteiger partial charge in [-0.15, -0.1) is 0 Å². The molecule has 2 aromatic carbocycles. The van der Waals surface area contributed by atoms with Crippen LogP contribution in [0.4, 0.5) is 11.5 Å². The van der Waals surface area contributed by atoms with E-state index in [2.05, 4.69) is 75.0 Å². The number of aryl methyl sites for hydroxylation is 3. The molecule has 0 aliphatic heterocycles. The smallest absolute Gasteiger partial charge is 0.141 e. The van der Waals surface area contributed by atoms with Gasteiger partial charge in [-0.3, -0.25) is 0 Å². The Morgan fingerprint density at radius 1 is 0.696 bits per heavy atom. The quantitative estimate of drug-likeness (QED) is 0.705. The van der Waals surface area contributed by atoms with Crippen molar-refractivity contribution in [1.82, 2.24) is 9.97 Å². The van der Waals surface area contributed by atoms with E-state index in [0.29, 0.717) is 0 Å². The highest BCUT2D eigenvalue weighted by atomic mass is 15.0. The zero-order valence-electron chi connectivity index (χ0n) is 14.7. The summed E-state index contributed by atoms with van der Waals surface area (Å²) in [5.41, 5.74) is 9.84. The first-order valence-corrected chi connectivity index (χ1v) is 7.95. The lowest BCUT2D eigenvalue weighted by molar-refractivity contribution is 1.19. The molecule has 118 valence electrons. The Kier molecular flexibility index (Phi) is 3.80. The summed E-state index contributed by atoms with van der Waals surface area (Å²) in [6, 6.07) is 6.49. The van der Waals surface area contributed by atoms with Crippen LogP contribution >= 0.6 is 0 Å². The highest BCUT2D eigenvalue weighted by molar-refractivity contribution is 5.92.